The minimum absolute atomic E-state index is 0.00946. The third kappa shape index (κ3) is 4.59. The van der Waals surface area contributed by atoms with Crippen molar-refractivity contribution in [1.82, 2.24) is 14.0 Å². The molecule has 198 valence electrons. The van der Waals surface area contributed by atoms with E-state index in [0.717, 1.165) is 56.1 Å². The van der Waals surface area contributed by atoms with Gasteiger partial charge in [-0.25, -0.2) is 0 Å². The van der Waals surface area contributed by atoms with E-state index in [-0.39, 0.29) is 11.8 Å². The minimum Gasteiger partial charge on any atom is -0.309 e. The van der Waals surface area contributed by atoms with Crippen LogP contribution in [0, 0.1) is 0 Å². The summed E-state index contributed by atoms with van der Waals surface area (Å²) in [6.45, 7) is 0.956. The second-order valence-corrected chi connectivity index (χ2v) is 11.0. The van der Waals surface area contributed by atoms with E-state index in [1.54, 1.807) is 9.13 Å². The smallest absolute Gasteiger partial charge is 0.263 e. The van der Waals surface area contributed by atoms with Gasteiger partial charge >= 0.3 is 0 Å². The first kappa shape index (κ1) is 26.0. The fourth-order valence-electron chi connectivity index (χ4n) is 5.31. The van der Waals surface area contributed by atoms with E-state index in [1.165, 1.54) is 5.56 Å². The first-order valence-corrected chi connectivity index (χ1v) is 14.0. The highest BCUT2D eigenvalue weighted by atomic mass is 79.9. The van der Waals surface area contributed by atoms with Crippen LogP contribution in [0.25, 0.3) is 33.1 Å². The molecule has 0 spiro atoms. The molecule has 40 heavy (non-hydrogen) atoms. The van der Waals surface area contributed by atoms with Gasteiger partial charge in [0.25, 0.3) is 11.8 Å². The maximum Gasteiger partial charge on any atom is 0.263 e. The molecule has 2 aromatic heterocycles. The average Bonchev–Trinajstić information content (AvgIpc) is 3.62. The molecule has 0 bridgehead atoms. The molecule has 5 nitrogen and oxygen atoms in total. The summed E-state index contributed by atoms with van der Waals surface area (Å²) in [6, 6.07) is 33.5. The molecule has 0 unspecified atom stereocenters. The number of rotatable bonds is 4. The van der Waals surface area contributed by atoms with Crippen molar-refractivity contribution in [2.45, 2.75) is 6.42 Å². The summed E-state index contributed by atoms with van der Waals surface area (Å²) in [5, 5.41) is 2.26. The molecular weight excluding hydrogens is 562 g/mol. The number of aromatic nitrogens is 2. The molecule has 0 saturated heterocycles. The van der Waals surface area contributed by atoms with Gasteiger partial charge in [-0.1, -0.05) is 66.7 Å². The monoisotopic (exact) mass is 589 g/mol. The molecule has 0 amide bonds. The molecule has 0 atom stereocenters. The number of fused-ring (bicyclic) bond motifs is 6. The quantitative estimate of drug-likeness (QED) is 0.213. The Morgan fingerprint density at radius 2 is 1.45 bits per heavy atom. The number of likely N-dealkylation sites (N-methyl/N-ethyl adjacent to an activating group) is 1. The standard InChI is InChI=1S/C19H19BrN2O.C15H9NO/c1-21(2)12-11-14-13-22(18-10-6-4-7-15(14)18)19(23)16-8-3-5-9-17(16)20;17-15-12-7-3-2-6-11(12)14-9-10-5-1-4-8-13(10)16(14)15/h3-10,13H,11-12H2,1-2H3;1-9H. The zero-order chi connectivity index (χ0) is 27.8. The topological polar surface area (TPSA) is 47.2 Å². The molecule has 7 rings (SSSR count). The van der Waals surface area contributed by atoms with Crippen LogP contribution in [0.5, 0.6) is 0 Å². The maximum atomic E-state index is 13.0. The number of para-hydroxylation sites is 2. The number of halogens is 1. The average molecular weight is 591 g/mol. The van der Waals surface area contributed by atoms with Crippen LogP contribution in [0.15, 0.2) is 114 Å². The Balaban J connectivity index is 0.000000150. The van der Waals surface area contributed by atoms with Gasteiger partial charge in [0.15, 0.2) is 0 Å². The lowest BCUT2D eigenvalue weighted by Crippen LogP contribution is -2.15. The molecule has 6 aromatic rings. The maximum absolute atomic E-state index is 13.0. The zero-order valence-electron chi connectivity index (χ0n) is 22.3. The van der Waals surface area contributed by atoms with Crippen molar-refractivity contribution in [1.29, 1.82) is 0 Å². The second kappa shape index (κ2) is 10.7. The Bertz CT molecular complexity index is 1900. The van der Waals surface area contributed by atoms with Crippen LogP contribution in [0.2, 0.25) is 0 Å². The van der Waals surface area contributed by atoms with Crippen LogP contribution in [-0.4, -0.2) is 46.5 Å². The van der Waals surface area contributed by atoms with Gasteiger partial charge in [-0.05, 0) is 78.4 Å². The third-order valence-electron chi connectivity index (χ3n) is 7.29. The second-order valence-electron chi connectivity index (χ2n) is 10.2. The Labute approximate surface area is 241 Å². The van der Waals surface area contributed by atoms with E-state index in [1.807, 2.05) is 97.2 Å². The lowest BCUT2D eigenvalue weighted by Gasteiger charge is -2.08. The Hall–Kier alpha value is -4.26. The molecule has 0 radical (unpaired) electrons. The summed E-state index contributed by atoms with van der Waals surface area (Å²) < 4.78 is 4.39. The van der Waals surface area contributed by atoms with Crippen molar-refractivity contribution >= 4 is 49.6 Å². The number of hydrogen-bond acceptors (Lipinski definition) is 3. The van der Waals surface area contributed by atoms with Crippen LogP contribution in [-0.2, 0) is 6.42 Å². The van der Waals surface area contributed by atoms with Crippen molar-refractivity contribution in [3.8, 4) is 11.3 Å². The first-order chi connectivity index (χ1) is 19.4. The number of nitrogens with zero attached hydrogens (tertiary/aromatic N) is 3. The summed E-state index contributed by atoms with van der Waals surface area (Å²) in [5.41, 5.74) is 6.67. The molecular formula is C34H28BrN3O2. The lowest BCUT2D eigenvalue weighted by molar-refractivity contribution is 0.0959. The summed E-state index contributed by atoms with van der Waals surface area (Å²) in [7, 11) is 4.12. The number of benzene rings is 4. The number of carbonyl (C=O) groups is 2. The van der Waals surface area contributed by atoms with Gasteiger partial charge in [0.1, 0.15) is 0 Å². The van der Waals surface area contributed by atoms with Crippen molar-refractivity contribution in [3.05, 3.63) is 130 Å². The highest BCUT2D eigenvalue weighted by molar-refractivity contribution is 9.10. The van der Waals surface area contributed by atoms with E-state index in [9.17, 15) is 9.59 Å². The van der Waals surface area contributed by atoms with E-state index in [2.05, 4.69) is 47.1 Å². The molecule has 6 heteroatoms. The van der Waals surface area contributed by atoms with E-state index in [0.29, 0.717) is 5.56 Å². The van der Waals surface area contributed by atoms with Crippen LogP contribution < -0.4 is 0 Å². The van der Waals surface area contributed by atoms with E-state index < -0.39 is 0 Å². The van der Waals surface area contributed by atoms with Crippen LogP contribution in [0.3, 0.4) is 0 Å². The number of carbonyl (C=O) groups excluding carboxylic acids is 2. The van der Waals surface area contributed by atoms with Gasteiger partial charge in [0.2, 0.25) is 0 Å². The highest BCUT2D eigenvalue weighted by Crippen LogP contribution is 2.36. The number of hydrogen-bond donors (Lipinski definition) is 0. The van der Waals surface area contributed by atoms with Crippen LogP contribution in [0.4, 0.5) is 0 Å². The molecule has 0 fully saturated rings. The SMILES string of the molecule is CN(C)CCc1cn(C(=O)c2ccccc2Br)c2ccccc12.O=C1c2ccccc2-c2cc3ccccc3n21. The predicted octanol–water partition coefficient (Wildman–Crippen LogP) is 7.51. The summed E-state index contributed by atoms with van der Waals surface area (Å²) >= 11 is 3.47. The normalized spacial score (nSPS) is 11.9. The summed E-state index contributed by atoms with van der Waals surface area (Å²) in [6.07, 6.45) is 2.90. The molecule has 0 N–H and O–H groups in total. The van der Waals surface area contributed by atoms with Gasteiger partial charge in [-0.2, -0.15) is 0 Å². The van der Waals surface area contributed by atoms with Gasteiger partial charge in [0, 0.05) is 39.1 Å². The fourth-order valence-corrected chi connectivity index (χ4v) is 5.77. The van der Waals surface area contributed by atoms with Crippen LogP contribution >= 0.6 is 15.9 Å². The largest absolute Gasteiger partial charge is 0.309 e. The molecule has 4 aromatic carbocycles. The van der Waals surface area contributed by atoms with Crippen molar-refractivity contribution in [2.24, 2.45) is 0 Å². The van der Waals surface area contributed by atoms with Crippen LogP contribution in [0.1, 0.15) is 26.3 Å². The Kier molecular flexibility index (Phi) is 6.96. The predicted molar refractivity (Wildman–Crippen MR) is 165 cm³/mol. The lowest BCUT2D eigenvalue weighted by atomic mass is 10.1. The molecule has 3 heterocycles. The van der Waals surface area contributed by atoms with Gasteiger partial charge in [0.05, 0.1) is 22.3 Å². The summed E-state index contributed by atoms with van der Waals surface area (Å²) in [4.78, 5) is 27.4. The minimum atomic E-state index is -0.00946. The van der Waals surface area contributed by atoms with E-state index in [4.69, 9.17) is 0 Å². The molecule has 0 saturated carbocycles. The summed E-state index contributed by atoms with van der Waals surface area (Å²) in [5.74, 6) is 0.0709. The Morgan fingerprint density at radius 1 is 0.800 bits per heavy atom. The van der Waals surface area contributed by atoms with Crippen molar-refractivity contribution < 1.29 is 9.59 Å². The first-order valence-electron chi connectivity index (χ1n) is 13.2. The molecule has 1 aliphatic rings. The van der Waals surface area contributed by atoms with E-state index >= 15 is 0 Å². The molecule has 0 aliphatic carbocycles. The van der Waals surface area contributed by atoms with Gasteiger partial charge in [-0.3, -0.25) is 18.7 Å². The zero-order valence-corrected chi connectivity index (χ0v) is 23.9. The van der Waals surface area contributed by atoms with Gasteiger partial charge in [-0.15, -0.1) is 0 Å². The highest BCUT2D eigenvalue weighted by Gasteiger charge is 2.27. The van der Waals surface area contributed by atoms with Crippen molar-refractivity contribution in [3.63, 3.8) is 0 Å². The Morgan fingerprint density at radius 3 is 2.23 bits per heavy atom. The van der Waals surface area contributed by atoms with Crippen molar-refractivity contribution in [2.75, 3.05) is 20.6 Å². The third-order valence-corrected chi connectivity index (χ3v) is 7.98. The van der Waals surface area contributed by atoms with Gasteiger partial charge < -0.3 is 4.90 Å². The fraction of sp³-hybridized carbons (Fsp3) is 0.118. The molecule has 1 aliphatic heterocycles.